The van der Waals surface area contributed by atoms with Gasteiger partial charge in [0.1, 0.15) is 0 Å². The molecule has 0 saturated carbocycles. The van der Waals surface area contributed by atoms with E-state index in [0.717, 1.165) is 43.5 Å². The second kappa shape index (κ2) is 7.41. The van der Waals surface area contributed by atoms with Crippen molar-refractivity contribution in [1.82, 2.24) is 9.21 Å². The predicted molar refractivity (Wildman–Crippen MR) is 104 cm³/mol. The van der Waals surface area contributed by atoms with Crippen molar-refractivity contribution in [1.29, 1.82) is 0 Å². The van der Waals surface area contributed by atoms with E-state index in [1.807, 2.05) is 0 Å². The number of sulfonamides is 1. The Morgan fingerprint density at radius 3 is 2.28 bits per heavy atom. The van der Waals surface area contributed by atoms with Crippen LogP contribution in [0.25, 0.3) is 0 Å². The zero-order valence-corrected chi connectivity index (χ0v) is 16.7. The minimum atomic E-state index is -4.34. The molecule has 2 fully saturated rings. The van der Waals surface area contributed by atoms with Crippen LogP contribution >= 0.6 is 0 Å². The number of alkyl halides is 3. The van der Waals surface area contributed by atoms with E-state index in [-0.39, 0.29) is 5.54 Å². The van der Waals surface area contributed by atoms with Crippen molar-refractivity contribution in [2.24, 2.45) is 0 Å². The smallest absolute Gasteiger partial charge is 0.292 e. The van der Waals surface area contributed by atoms with E-state index in [1.165, 1.54) is 12.1 Å². The molecule has 2 aliphatic rings. The summed E-state index contributed by atoms with van der Waals surface area (Å²) >= 11 is 0. The van der Waals surface area contributed by atoms with Gasteiger partial charge in [0.2, 0.25) is 10.0 Å². The van der Waals surface area contributed by atoms with Gasteiger partial charge in [-0.2, -0.15) is 17.5 Å². The van der Waals surface area contributed by atoms with E-state index in [1.54, 1.807) is 34.6 Å². The van der Waals surface area contributed by atoms with Gasteiger partial charge in [-0.05, 0) is 55.6 Å². The molecule has 0 aromatic heterocycles. The zero-order valence-electron chi connectivity index (χ0n) is 15.9. The molecular formula is C21H23F3N2O2S. The molecule has 156 valence electrons. The molecule has 2 aromatic carbocycles. The summed E-state index contributed by atoms with van der Waals surface area (Å²) in [5.41, 5.74) is -0.0908. The van der Waals surface area contributed by atoms with Gasteiger partial charge >= 0.3 is 6.18 Å². The maximum absolute atomic E-state index is 13.0. The number of benzene rings is 2. The molecule has 0 N–H and O–H groups in total. The van der Waals surface area contributed by atoms with Gasteiger partial charge in [-0.25, -0.2) is 8.42 Å². The molecule has 2 saturated heterocycles. The van der Waals surface area contributed by atoms with Crippen LogP contribution in [0.1, 0.15) is 30.4 Å². The Kier molecular flexibility index (Phi) is 5.21. The maximum Gasteiger partial charge on any atom is 0.416 e. The van der Waals surface area contributed by atoms with Crippen LogP contribution in [0.4, 0.5) is 13.2 Å². The first-order valence-electron chi connectivity index (χ1n) is 9.67. The third kappa shape index (κ3) is 3.93. The van der Waals surface area contributed by atoms with Gasteiger partial charge in [-0.15, -0.1) is 0 Å². The van der Waals surface area contributed by atoms with E-state index in [0.29, 0.717) is 24.5 Å². The number of halogens is 3. The van der Waals surface area contributed by atoms with Crippen molar-refractivity contribution >= 4 is 10.0 Å². The highest BCUT2D eigenvalue weighted by Gasteiger charge is 2.48. The molecule has 2 aromatic rings. The third-order valence-electron chi connectivity index (χ3n) is 6.07. The third-order valence-corrected chi connectivity index (χ3v) is 7.93. The van der Waals surface area contributed by atoms with Gasteiger partial charge < -0.3 is 0 Å². The predicted octanol–water partition coefficient (Wildman–Crippen LogP) is 4.13. The highest BCUT2D eigenvalue weighted by Crippen LogP contribution is 2.40. The normalized spacial score (nSPS) is 23.8. The largest absolute Gasteiger partial charge is 0.416 e. The molecule has 29 heavy (non-hydrogen) atoms. The average molecular weight is 424 g/mol. The molecule has 4 rings (SSSR count). The minimum absolute atomic E-state index is 0.245. The summed E-state index contributed by atoms with van der Waals surface area (Å²) in [4.78, 5) is 2.54. The molecule has 1 unspecified atom stereocenters. The van der Waals surface area contributed by atoms with Gasteiger partial charge in [-0.1, -0.05) is 30.3 Å². The van der Waals surface area contributed by atoms with E-state index in [4.69, 9.17) is 0 Å². The van der Waals surface area contributed by atoms with Crippen LogP contribution in [0.5, 0.6) is 0 Å². The van der Waals surface area contributed by atoms with Crippen molar-refractivity contribution in [3.8, 4) is 0 Å². The van der Waals surface area contributed by atoms with Crippen LogP contribution in [0, 0.1) is 0 Å². The molecule has 1 atom stereocenters. The highest BCUT2D eigenvalue weighted by molar-refractivity contribution is 7.89. The van der Waals surface area contributed by atoms with Crippen LogP contribution in [-0.2, 0) is 22.7 Å². The Labute approximate surface area is 169 Å². The Morgan fingerprint density at radius 2 is 1.62 bits per heavy atom. The molecule has 2 heterocycles. The monoisotopic (exact) mass is 424 g/mol. The molecule has 0 amide bonds. The van der Waals surface area contributed by atoms with Gasteiger partial charge in [0, 0.05) is 25.2 Å². The van der Waals surface area contributed by atoms with Gasteiger partial charge in [-0.3, -0.25) is 4.90 Å². The summed E-state index contributed by atoms with van der Waals surface area (Å²) in [6.07, 6.45) is -1.75. The van der Waals surface area contributed by atoms with Crippen LogP contribution in [0.3, 0.4) is 0 Å². The Bertz CT molecular complexity index is 962. The standard InChI is InChI=1S/C21H23F3N2O2S/c22-21(23,24)18-9-7-17(8-10-18)15-25-13-4-11-20(25)12-14-26(16-20)29(27,28)19-5-2-1-3-6-19/h1-3,5-10H,4,11-16H2. The van der Waals surface area contributed by atoms with E-state index in [9.17, 15) is 21.6 Å². The summed E-state index contributed by atoms with van der Waals surface area (Å²) in [5, 5.41) is 0. The fourth-order valence-electron chi connectivity index (χ4n) is 4.49. The van der Waals surface area contributed by atoms with Crippen molar-refractivity contribution in [3.05, 3.63) is 65.7 Å². The van der Waals surface area contributed by atoms with Gasteiger partial charge in [0.25, 0.3) is 0 Å². The maximum atomic E-state index is 13.0. The molecule has 4 nitrogen and oxygen atoms in total. The first-order valence-corrected chi connectivity index (χ1v) is 11.1. The Balaban J connectivity index is 1.50. The van der Waals surface area contributed by atoms with Crippen molar-refractivity contribution in [2.45, 2.75) is 42.4 Å². The second-order valence-corrected chi connectivity index (χ2v) is 9.78. The molecule has 0 bridgehead atoms. The lowest BCUT2D eigenvalue weighted by molar-refractivity contribution is -0.137. The zero-order chi connectivity index (χ0) is 20.7. The fraction of sp³-hybridized carbons (Fsp3) is 0.429. The average Bonchev–Trinajstić information content (AvgIpc) is 3.30. The molecular weight excluding hydrogens is 401 g/mol. The Hall–Kier alpha value is -1.90. The van der Waals surface area contributed by atoms with E-state index in [2.05, 4.69) is 4.90 Å². The first-order chi connectivity index (χ1) is 13.7. The molecule has 0 aliphatic carbocycles. The fourth-order valence-corrected chi connectivity index (χ4v) is 6.03. The van der Waals surface area contributed by atoms with Crippen molar-refractivity contribution in [2.75, 3.05) is 19.6 Å². The number of hydrogen-bond acceptors (Lipinski definition) is 3. The lowest BCUT2D eigenvalue weighted by atomic mass is 9.95. The summed E-state index contributed by atoms with van der Waals surface area (Å²) < 4.78 is 65.9. The summed E-state index contributed by atoms with van der Waals surface area (Å²) in [6.45, 7) is 2.23. The molecule has 8 heteroatoms. The Morgan fingerprint density at radius 1 is 0.931 bits per heavy atom. The van der Waals surface area contributed by atoms with Crippen LogP contribution in [-0.4, -0.2) is 42.8 Å². The minimum Gasteiger partial charge on any atom is -0.292 e. The SMILES string of the molecule is O=S(=O)(c1ccccc1)N1CCC2(CCCN2Cc2ccc(C(F)(F)F)cc2)C1. The summed E-state index contributed by atoms with van der Waals surface area (Å²) in [7, 11) is -3.54. The van der Waals surface area contributed by atoms with Crippen molar-refractivity contribution in [3.63, 3.8) is 0 Å². The number of nitrogens with zero attached hydrogens (tertiary/aromatic N) is 2. The first kappa shape index (κ1) is 20.4. The topological polar surface area (TPSA) is 40.6 Å². The molecule has 2 aliphatic heterocycles. The van der Waals surface area contributed by atoms with Gasteiger partial charge in [0.05, 0.1) is 10.5 Å². The lowest BCUT2D eigenvalue weighted by Crippen LogP contribution is -2.46. The van der Waals surface area contributed by atoms with E-state index >= 15 is 0 Å². The molecule has 0 radical (unpaired) electrons. The highest BCUT2D eigenvalue weighted by atomic mass is 32.2. The second-order valence-electron chi connectivity index (χ2n) is 7.85. The quantitative estimate of drug-likeness (QED) is 0.741. The number of rotatable bonds is 4. The summed E-state index contributed by atoms with van der Waals surface area (Å²) in [5.74, 6) is 0. The van der Waals surface area contributed by atoms with Gasteiger partial charge in [0.15, 0.2) is 0 Å². The summed E-state index contributed by atoms with van der Waals surface area (Å²) in [6, 6.07) is 13.7. The number of hydrogen-bond donors (Lipinski definition) is 0. The lowest BCUT2D eigenvalue weighted by Gasteiger charge is -2.35. The van der Waals surface area contributed by atoms with Crippen molar-refractivity contribution < 1.29 is 21.6 Å². The molecule has 1 spiro atoms. The van der Waals surface area contributed by atoms with Crippen LogP contribution in [0.2, 0.25) is 0 Å². The van der Waals surface area contributed by atoms with Crippen LogP contribution in [0.15, 0.2) is 59.5 Å². The van der Waals surface area contributed by atoms with E-state index < -0.39 is 21.8 Å². The van der Waals surface area contributed by atoms with Crippen LogP contribution < -0.4 is 0 Å². The number of likely N-dealkylation sites (tertiary alicyclic amines) is 1.